The van der Waals surface area contributed by atoms with Crippen LogP contribution < -0.4 is 0 Å². The van der Waals surface area contributed by atoms with Gasteiger partial charge in [0.25, 0.3) is 0 Å². The van der Waals surface area contributed by atoms with Crippen LogP contribution in [-0.2, 0) is 9.59 Å². The summed E-state index contributed by atoms with van der Waals surface area (Å²) in [6.07, 6.45) is 13.4. The number of allylic oxidation sites excluding steroid dienone is 1. The molecule has 29 heavy (non-hydrogen) atoms. The second-order valence-corrected chi connectivity index (χ2v) is 11.5. The number of fused-ring (bicyclic) bond motifs is 5. The zero-order valence-electron chi connectivity index (χ0n) is 18.9. The van der Waals surface area contributed by atoms with Gasteiger partial charge < -0.3 is 5.11 Å². The molecule has 0 aromatic carbocycles. The fourth-order valence-electron chi connectivity index (χ4n) is 8.37. The Bertz CT molecular complexity index is 709. The first-order valence-electron chi connectivity index (χ1n) is 12.1. The Balaban J connectivity index is 1.49. The van der Waals surface area contributed by atoms with Crippen LogP contribution in [0.25, 0.3) is 0 Å². The lowest BCUT2D eigenvalue weighted by molar-refractivity contribution is -0.141. The number of carbonyl (C=O) groups excluding carboxylic acids is 1. The third-order valence-corrected chi connectivity index (χ3v) is 10.2. The SMILES string of the molecule is C[C@H](CC[C@@H](C)[C@H]1CCC2C3CCC4=CC(=O)CC[C@]4(C)C3CC[C@@]21C)C(=O)O. The van der Waals surface area contributed by atoms with Crippen molar-refractivity contribution >= 4 is 11.8 Å². The maximum atomic E-state index is 12.0. The van der Waals surface area contributed by atoms with Crippen LogP contribution in [0.15, 0.2) is 11.6 Å². The first-order chi connectivity index (χ1) is 13.7. The summed E-state index contributed by atoms with van der Waals surface area (Å²) in [5.74, 6) is 3.23. The first-order valence-corrected chi connectivity index (χ1v) is 12.1. The van der Waals surface area contributed by atoms with Gasteiger partial charge in [0.1, 0.15) is 0 Å². The summed E-state index contributed by atoms with van der Waals surface area (Å²) in [6, 6.07) is 0. The molecule has 1 N–H and O–H groups in total. The molecule has 3 unspecified atom stereocenters. The molecular weight excluding hydrogens is 360 g/mol. The molecular formula is C26H40O3. The summed E-state index contributed by atoms with van der Waals surface area (Å²) >= 11 is 0. The Morgan fingerprint density at radius 3 is 2.55 bits per heavy atom. The summed E-state index contributed by atoms with van der Waals surface area (Å²) in [5, 5.41) is 9.24. The Morgan fingerprint density at radius 1 is 1.07 bits per heavy atom. The van der Waals surface area contributed by atoms with Crippen molar-refractivity contribution in [3.8, 4) is 0 Å². The molecule has 0 bridgehead atoms. The largest absolute Gasteiger partial charge is 0.481 e. The van der Waals surface area contributed by atoms with Gasteiger partial charge >= 0.3 is 5.97 Å². The van der Waals surface area contributed by atoms with E-state index in [1.165, 1.54) is 37.7 Å². The average Bonchev–Trinajstić information content (AvgIpc) is 3.03. The maximum absolute atomic E-state index is 12.0. The maximum Gasteiger partial charge on any atom is 0.306 e. The Hall–Kier alpha value is -1.12. The number of carboxylic acid groups (broad SMARTS) is 1. The highest BCUT2D eigenvalue weighted by Gasteiger charge is 2.59. The molecule has 0 heterocycles. The lowest BCUT2D eigenvalue weighted by Crippen LogP contribution is -2.51. The van der Waals surface area contributed by atoms with Gasteiger partial charge in [-0.1, -0.05) is 33.3 Å². The van der Waals surface area contributed by atoms with Crippen molar-refractivity contribution in [3.05, 3.63) is 11.6 Å². The Morgan fingerprint density at radius 2 is 1.83 bits per heavy atom. The van der Waals surface area contributed by atoms with Crippen LogP contribution in [-0.4, -0.2) is 16.9 Å². The van der Waals surface area contributed by atoms with Crippen LogP contribution >= 0.6 is 0 Å². The van der Waals surface area contributed by atoms with Crippen molar-refractivity contribution in [2.45, 2.75) is 91.9 Å². The van der Waals surface area contributed by atoms with Crippen LogP contribution in [0.2, 0.25) is 0 Å². The summed E-state index contributed by atoms with van der Waals surface area (Å²) in [5.41, 5.74) is 2.15. The number of aliphatic carboxylic acids is 1. The normalized spacial score (nSPS) is 43.6. The predicted molar refractivity (Wildman–Crippen MR) is 115 cm³/mol. The van der Waals surface area contributed by atoms with E-state index < -0.39 is 5.97 Å². The molecule has 0 saturated heterocycles. The molecule has 3 nitrogen and oxygen atoms in total. The molecule has 162 valence electrons. The lowest BCUT2D eigenvalue weighted by Gasteiger charge is -2.58. The van der Waals surface area contributed by atoms with Gasteiger partial charge in [-0.05, 0) is 104 Å². The van der Waals surface area contributed by atoms with E-state index in [0.29, 0.717) is 17.1 Å². The van der Waals surface area contributed by atoms with E-state index in [1.54, 1.807) is 0 Å². The molecule has 0 radical (unpaired) electrons. The van der Waals surface area contributed by atoms with Crippen LogP contribution in [0.5, 0.6) is 0 Å². The minimum Gasteiger partial charge on any atom is -0.481 e. The van der Waals surface area contributed by atoms with Crippen LogP contribution in [0.1, 0.15) is 91.9 Å². The van der Waals surface area contributed by atoms with Crippen molar-refractivity contribution < 1.29 is 14.7 Å². The molecule has 0 aromatic rings. The highest BCUT2D eigenvalue weighted by Crippen LogP contribution is 2.67. The molecule has 4 rings (SSSR count). The highest BCUT2D eigenvalue weighted by atomic mass is 16.4. The molecule has 4 aliphatic rings. The Kier molecular flexibility index (Phi) is 5.49. The van der Waals surface area contributed by atoms with Crippen LogP contribution in [0, 0.1) is 46.3 Å². The van der Waals surface area contributed by atoms with Crippen molar-refractivity contribution in [3.63, 3.8) is 0 Å². The molecule has 3 fully saturated rings. The predicted octanol–water partition coefficient (Wildman–Crippen LogP) is 6.27. The fourth-order valence-corrected chi connectivity index (χ4v) is 8.37. The molecule has 0 amide bonds. The molecule has 3 heteroatoms. The standard InChI is InChI=1S/C26H40O3/c1-16(5-6-17(2)24(28)29)21-9-10-22-20-8-7-18-15-19(27)11-13-25(18,3)23(20)12-14-26(21,22)4/h15-17,20-23H,5-14H2,1-4H3,(H,28,29)/t16-,17-,20?,21-,22?,23?,25+,26-/m1/s1. The summed E-state index contributed by atoms with van der Waals surface area (Å²) in [4.78, 5) is 23.2. The second kappa shape index (κ2) is 7.54. The van der Waals surface area contributed by atoms with E-state index in [-0.39, 0.29) is 11.3 Å². The van der Waals surface area contributed by atoms with E-state index in [1.807, 2.05) is 13.0 Å². The van der Waals surface area contributed by atoms with Crippen molar-refractivity contribution in [1.29, 1.82) is 0 Å². The zero-order valence-corrected chi connectivity index (χ0v) is 18.9. The molecule has 3 saturated carbocycles. The van der Waals surface area contributed by atoms with E-state index >= 15 is 0 Å². The van der Waals surface area contributed by atoms with Crippen molar-refractivity contribution in [2.75, 3.05) is 0 Å². The topological polar surface area (TPSA) is 54.4 Å². The average molecular weight is 401 g/mol. The summed E-state index contributed by atoms with van der Waals surface area (Å²) < 4.78 is 0. The molecule has 0 spiro atoms. The summed E-state index contributed by atoms with van der Waals surface area (Å²) in [7, 11) is 0. The minimum absolute atomic E-state index is 0.226. The van der Waals surface area contributed by atoms with Gasteiger partial charge in [-0.2, -0.15) is 0 Å². The zero-order chi connectivity index (χ0) is 21.0. The van der Waals surface area contributed by atoms with E-state index in [2.05, 4.69) is 20.8 Å². The third kappa shape index (κ3) is 3.41. The number of ketones is 1. The minimum atomic E-state index is -0.654. The number of rotatable bonds is 5. The Labute approximate surface area is 176 Å². The molecule has 0 aliphatic heterocycles. The van der Waals surface area contributed by atoms with E-state index in [0.717, 1.165) is 55.8 Å². The number of hydrogen-bond donors (Lipinski definition) is 1. The van der Waals surface area contributed by atoms with Gasteiger partial charge in [-0.3, -0.25) is 9.59 Å². The van der Waals surface area contributed by atoms with Gasteiger partial charge in [-0.15, -0.1) is 0 Å². The molecule has 0 aromatic heterocycles. The number of hydrogen-bond acceptors (Lipinski definition) is 2. The number of carboxylic acids is 1. The fraction of sp³-hybridized carbons (Fsp3) is 0.846. The number of carbonyl (C=O) groups is 2. The molecule has 8 atom stereocenters. The monoisotopic (exact) mass is 400 g/mol. The van der Waals surface area contributed by atoms with Crippen molar-refractivity contribution in [2.24, 2.45) is 46.3 Å². The van der Waals surface area contributed by atoms with Crippen molar-refractivity contribution in [1.82, 2.24) is 0 Å². The van der Waals surface area contributed by atoms with E-state index in [9.17, 15) is 14.7 Å². The van der Waals surface area contributed by atoms with Gasteiger partial charge in [0.05, 0.1) is 5.92 Å². The second-order valence-electron chi connectivity index (χ2n) is 11.5. The molecule has 4 aliphatic carbocycles. The van der Waals surface area contributed by atoms with Gasteiger partial charge in [-0.25, -0.2) is 0 Å². The van der Waals surface area contributed by atoms with Gasteiger partial charge in [0.2, 0.25) is 0 Å². The lowest BCUT2D eigenvalue weighted by atomic mass is 9.46. The van der Waals surface area contributed by atoms with Gasteiger partial charge in [0, 0.05) is 6.42 Å². The summed E-state index contributed by atoms with van der Waals surface area (Å²) in [6.45, 7) is 9.27. The first kappa shape index (κ1) is 21.1. The quantitative estimate of drug-likeness (QED) is 0.591. The highest BCUT2D eigenvalue weighted by molar-refractivity contribution is 5.91. The van der Waals surface area contributed by atoms with E-state index in [4.69, 9.17) is 0 Å². The third-order valence-electron chi connectivity index (χ3n) is 10.2. The van der Waals surface area contributed by atoms with Crippen LogP contribution in [0.4, 0.5) is 0 Å². The van der Waals surface area contributed by atoms with Gasteiger partial charge in [0.15, 0.2) is 5.78 Å². The smallest absolute Gasteiger partial charge is 0.306 e. The van der Waals surface area contributed by atoms with Crippen LogP contribution in [0.3, 0.4) is 0 Å².